The molecule has 1 aromatic heterocycles. The number of hydrogen-bond donors (Lipinski definition) is 0. The standard InChI is InChI=1S/C29H35F6N5O4/c1-17(40-21-5-6-22(40)14-38(13-21)26(42)44-27(2,3)4)24-12-23-15-37(7-8-39(23)36-24)25(41)43-16-18-9-19(28(30,31)32)11-20(10-18)29(33,34)35/h9-12,17,21-22H,5-8,13-16H2,1-4H3. The molecule has 0 saturated carbocycles. The minimum absolute atomic E-state index is 0.0298. The smallest absolute Gasteiger partial charge is 0.416 e. The number of fused-ring (bicyclic) bond motifs is 3. The van der Waals surface area contributed by atoms with Crippen molar-refractivity contribution in [3.8, 4) is 0 Å². The van der Waals surface area contributed by atoms with Crippen molar-refractivity contribution in [3.05, 3.63) is 52.3 Å². The monoisotopic (exact) mass is 631 g/mol. The van der Waals surface area contributed by atoms with Crippen LogP contribution in [0.15, 0.2) is 24.3 Å². The second-order valence-corrected chi connectivity index (χ2v) is 12.6. The van der Waals surface area contributed by atoms with E-state index in [4.69, 9.17) is 14.6 Å². The molecule has 2 aromatic rings. The second-order valence-electron chi connectivity index (χ2n) is 12.6. The highest BCUT2D eigenvalue weighted by Gasteiger charge is 2.45. The van der Waals surface area contributed by atoms with Crippen LogP contribution in [0.1, 0.15) is 74.7 Å². The van der Waals surface area contributed by atoms with Crippen molar-refractivity contribution in [2.75, 3.05) is 19.6 Å². The van der Waals surface area contributed by atoms with Gasteiger partial charge in [0.1, 0.15) is 12.2 Å². The van der Waals surface area contributed by atoms with E-state index >= 15 is 0 Å². The summed E-state index contributed by atoms with van der Waals surface area (Å²) in [4.78, 5) is 30.9. The van der Waals surface area contributed by atoms with Gasteiger partial charge in [0.15, 0.2) is 0 Å². The zero-order valence-corrected chi connectivity index (χ0v) is 24.8. The number of rotatable bonds is 4. The Balaban J connectivity index is 1.21. The Morgan fingerprint density at radius 1 is 0.886 bits per heavy atom. The molecule has 0 aliphatic carbocycles. The third-order valence-corrected chi connectivity index (χ3v) is 8.15. The van der Waals surface area contributed by atoms with Gasteiger partial charge in [-0.25, -0.2) is 9.59 Å². The number of likely N-dealkylation sites (tertiary alicyclic amines) is 1. The lowest BCUT2D eigenvalue weighted by atomic mass is 10.1. The summed E-state index contributed by atoms with van der Waals surface area (Å²) < 4.78 is 91.6. The summed E-state index contributed by atoms with van der Waals surface area (Å²) in [6, 6.07) is 3.25. The Labute approximate surface area is 250 Å². The van der Waals surface area contributed by atoms with Gasteiger partial charge >= 0.3 is 24.5 Å². The summed E-state index contributed by atoms with van der Waals surface area (Å²) in [7, 11) is 0. The van der Waals surface area contributed by atoms with Crippen LogP contribution in [-0.4, -0.2) is 74.0 Å². The molecule has 9 nitrogen and oxygen atoms in total. The first-order valence-electron chi connectivity index (χ1n) is 14.4. The molecule has 3 atom stereocenters. The van der Waals surface area contributed by atoms with Crippen LogP contribution in [0.2, 0.25) is 0 Å². The van der Waals surface area contributed by atoms with Crippen LogP contribution in [0, 0.1) is 0 Å². The topological polar surface area (TPSA) is 80.1 Å². The van der Waals surface area contributed by atoms with Crippen LogP contribution in [0.3, 0.4) is 0 Å². The molecule has 3 unspecified atom stereocenters. The first-order chi connectivity index (χ1) is 20.4. The number of amides is 2. The Bertz CT molecular complexity index is 1360. The number of hydrogen-bond acceptors (Lipinski definition) is 6. The fraction of sp³-hybridized carbons (Fsp3) is 0.621. The number of alkyl halides is 6. The number of aromatic nitrogens is 2. The first-order valence-corrected chi connectivity index (χ1v) is 14.4. The summed E-state index contributed by atoms with van der Waals surface area (Å²) >= 11 is 0. The van der Waals surface area contributed by atoms with E-state index < -0.39 is 47.3 Å². The predicted octanol–water partition coefficient (Wildman–Crippen LogP) is 6.22. The summed E-state index contributed by atoms with van der Waals surface area (Å²) in [6.07, 6.45) is -9.28. The lowest BCUT2D eigenvalue weighted by Gasteiger charge is -2.43. The molecular formula is C29H35F6N5O4. The molecule has 44 heavy (non-hydrogen) atoms. The van der Waals surface area contributed by atoms with Gasteiger partial charge in [0, 0.05) is 31.7 Å². The van der Waals surface area contributed by atoms with Gasteiger partial charge in [0.25, 0.3) is 0 Å². The number of nitrogens with zero attached hydrogens (tertiary/aromatic N) is 5. The van der Waals surface area contributed by atoms with Crippen molar-refractivity contribution in [3.63, 3.8) is 0 Å². The fourth-order valence-corrected chi connectivity index (χ4v) is 6.18. The maximum atomic E-state index is 13.2. The van der Waals surface area contributed by atoms with Crippen molar-refractivity contribution in [1.29, 1.82) is 0 Å². The molecule has 2 saturated heterocycles. The van der Waals surface area contributed by atoms with E-state index in [-0.39, 0.29) is 43.4 Å². The minimum Gasteiger partial charge on any atom is -0.445 e. The zero-order chi connectivity index (χ0) is 32.2. The molecule has 2 bridgehead atoms. The van der Waals surface area contributed by atoms with Gasteiger partial charge in [-0.1, -0.05) is 0 Å². The van der Waals surface area contributed by atoms with Crippen molar-refractivity contribution in [2.24, 2.45) is 0 Å². The number of carbonyl (C=O) groups excluding carboxylic acids is 2. The zero-order valence-electron chi connectivity index (χ0n) is 24.8. The van der Waals surface area contributed by atoms with E-state index in [1.54, 1.807) is 9.58 Å². The van der Waals surface area contributed by atoms with Gasteiger partial charge in [-0.05, 0) is 70.4 Å². The van der Waals surface area contributed by atoms with Gasteiger partial charge < -0.3 is 19.3 Å². The molecule has 1 aromatic carbocycles. The molecule has 15 heteroatoms. The lowest BCUT2D eigenvalue weighted by Crippen LogP contribution is -2.56. The quantitative estimate of drug-likeness (QED) is 0.373. The van der Waals surface area contributed by atoms with Crippen LogP contribution < -0.4 is 0 Å². The fourth-order valence-electron chi connectivity index (χ4n) is 6.18. The largest absolute Gasteiger partial charge is 0.445 e. The predicted molar refractivity (Wildman–Crippen MR) is 144 cm³/mol. The molecule has 0 spiro atoms. The van der Waals surface area contributed by atoms with Crippen molar-refractivity contribution in [1.82, 2.24) is 24.5 Å². The van der Waals surface area contributed by atoms with E-state index in [1.165, 1.54) is 4.90 Å². The molecule has 4 heterocycles. The van der Waals surface area contributed by atoms with Crippen LogP contribution >= 0.6 is 0 Å². The second kappa shape index (κ2) is 11.5. The molecule has 2 amide bonds. The van der Waals surface area contributed by atoms with Crippen molar-refractivity contribution in [2.45, 2.75) is 96.3 Å². The van der Waals surface area contributed by atoms with Crippen molar-refractivity contribution < 1.29 is 45.4 Å². The van der Waals surface area contributed by atoms with Crippen LogP contribution in [-0.2, 0) is 41.5 Å². The van der Waals surface area contributed by atoms with E-state index in [0.717, 1.165) is 24.2 Å². The summed E-state index contributed by atoms with van der Waals surface area (Å²) in [6.45, 7) is 8.59. The lowest BCUT2D eigenvalue weighted by molar-refractivity contribution is -0.143. The molecule has 3 aliphatic heterocycles. The number of halogens is 6. The highest BCUT2D eigenvalue weighted by atomic mass is 19.4. The normalized spacial score (nSPS) is 21.7. The third kappa shape index (κ3) is 6.92. The van der Waals surface area contributed by atoms with Crippen LogP contribution in [0.4, 0.5) is 35.9 Å². The molecule has 0 radical (unpaired) electrons. The number of piperazine rings is 1. The Morgan fingerprint density at radius 2 is 1.48 bits per heavy atom. The summed E-state index contributed by atoms with van der Waals surface area (Å²) in [5, 5.41) is 4.76. The SMILES string of the molecule is CC(c1cc2n(n1)CCN(C(=O)OCc1cc(C(F)(F)F)cc(C(F)(F)F)c1)C2)N1C2CCC1CN(C(=O)OC(C)(C)C)C2. The summed E-state index contributed by atoms with van der Waals surface area (Å²) in [5.41, 5.74) is -2.40. The number of ether oxygens (including phenoxy) is 2. The van der Waals surface area contributed by atoms with E-state index in [9.17, 15) is 35.9 Å². The average Bonchev–Trinajstić information content (AvgIpc) is 3.46. The van der Waals surface area contributed by atoms with Crippen LogP contribution in [0.5, 0.6) is 0 Å². The maximum Gasteiger partial charge on any atom is 0.416 e. The molecular weight excluding hydrogens is 596 g/mol. The van der Waals surface area contributed by atoms with Gasteiger partial charge in [-0.15, -0.1) is 0 Å². The third-order valence-electron chi connectivity index (χ3n) is 8.15. The van der Waals surface area contributed by atoms with E-state index in [0.29, 0.717) is 31.8 Å². The molecule has 0 N–H and O–H groups in total. The molecule has 3 aliphatic rings. The number of carbonyl (C=O) groups is 2. The Hall–Kier alpha value is -3.49. The molecule has 242 valence electrons. The van der Waals surface area contributed by atoms with Gasteiger partial charge in [0.2, 0.25) is 0 Å². The minimum atomic E-state index is -4.99. The maximum absolute atomic E-state index is 13.2. The van der Waals surface area contributed by atoms with Gasteiger partial charge in [-0.3, -0.25) is 9.58 Å². The highest BCUT2D eigenvalue weighted by molar-refractivity contribution is 5.68. The highest BCUT2D eigenvalue weighted by Crippen LogP contribution is 2.39. The van der Waals surface area contributed by atoms with Gasteiger partial charge in [0.05, 0.1) is 41.6 Å². The summed E-state index contributed by atoms with van der Waals surface area (Å²) in [5.74, 6) is 0. The molecule has 5 rings (SSSR count). The van der Waals surface area contributed by atoms with Crippen LogP contribution in [0.25, 0.3) is 0 Å². The van der Waals surface area contributed by atoms with E-state index in [2.05, 4.69) is 11.8 Å². The molecule has 2 fully saturated rings. The van der Waals surface area contributed by atoms with Crippen molar-refractivity contribution >= 4 is 12.2 Å². The average molecular weight is 632 g/mol. The Kier molecular flexibility index (Phi) is 8.31. The number of benzene rings is 1. The van der Waals surface area contributed by atoms with Gasteiger partial charge in [-0.2, -0.15) is 31.4 Å². The first kappa shape index (κ1) is 31.9. The Morgan fingerprint density at radius 3 is 2.02 bits per heavy atom. The van der Waals surface area contributed by atoms with E-state index in [1.807, 2.05) is 26.8 Å².